The highest BCUT2D eigenvalue weighted by atomic mass is 15.1. The standard InChI is InChI=1S/C60H56N2/c1-41-19-15-27-47(35-41)61(49-29-17-25-45(37-49)59(3,4)5)51-31-33-53-55(39-51)57(43-21-11-9-12-22-43)54-34-32-52(40-56(54)58(53)44-23-13-10-14-24-44)62(48-28-16-20-42(2)36-48)50-30-18-26-46(38-50)60(6,7)8/h9-40H,1-8H3. The molecule has 0 saturated heterocycles. The molecule has 306 valence electrons. The average molecular weight is 805 g/mol. The van der Waals surface area contributed by atoms with Gasteiger partial charge in [0.1, 0.15) is 0 Å². The van der Waals surface area contributed by atoms with Crippen LogP contribution in [0.3, 0.4) is 0 Å². The van der Waals surface area contributed by atoms with Crippen LogP contribution in [0.4, 0.5) is 34.1 Å². The van der Waals surface area contributed by atoms with Crippen LogP contribution in [0.25, 0.3) is 43.8 Å². The Balaban J connectivity index is 1.36. The first kappa shape index (κ1) is 40.5. The van der Waals surface area contributed by atoms with Gasteiger partial charge in [-0.25, -0.2) is 0 Å². The smallest absolute Gasteiger partial charge is 0.0468 e. The lowest BCUT2D eigenvalue weighted by molar-refractivity contribution is 0.590. The van der Waals surface area contributed by atoms with E-state index in [0.29, 0.717) is 0 Å². The maximum Gasteiger partial charge on any atom is 0.0468 e. The van der Waals surface area contributed by atoms with Crippen molar-refractivity contribution in [1.82, 2.24) is 0 Å². The molecule has 0 aliphatic carbocycles. The second kappa shape index (κ2) is 16.2. The van der Waals surface area contributed by atoms with Crippen LogP contribution in [-0.2, 0) is 10.8 Å². The zero-order chi connectivity index (χ0) is 43.2. The Morgan fingerprint density at radius 2 is 0.629 bits per heavy atom. The van der Waals surface area contributed by atoms with Crippen LogP contribution in [-0.4, -0.2) is 0 Å². The summed E-state index contributed by atoms with van der Waals surface area (Å²) < 4.78 is 0. The second-order valence-corrected chi connectivity index (χ2v) is 18.9. The van der Waals surface area contributed by atoms with E-state index in [4.69, 9.17) is 0 Å². The first-order chi connectivity index (χ1) is 29.8. The molecule has 0 aliphatic heterocycles. The van der Waals surface area contributed by atoms with Crippen LogP contribution < -0.4 is 9.80 Å². The Hall–Kier alpha value is -6.90. The number of benzene rings is 9. The Labute approximate surface area is 368 Å². The van der Waals surface area contributed by atoms with E-state index in [1.54, 1.807) is 0 Å². The molecule has 0 unspecified atom stereocenters. The van der Waals surface area contributed by atoms with Crippen molar-refractivity contribution in [1.29, 1.82) is 0 Å². The van der Waals surface area contributed by atoms with E-state index in [1.807, 2.05) is 0 Å². The molecule has 0 bridgehead atoms. The van der Waals surface area contributed by atoms with Crippen LogP contribution in [0.5, 0.6) is 0 Å². The molecular formula is C60H56N2. The van der Waals surface area contributed by atoms with E-state index in [9.17, 15) is 0 Å². The minimum Gasteiger partial charge on any atom is -0.310 e. The Morgan fingerprint density at radius 1 is 0.290 bits per heavy atom. The maximum absolute atomic E-state index is 2.43. The Bertz CT molecular complexity index is 2850. The van der Waals surface area contributed by atoms with Crippen LogP contribution in [0.15, 0.2) is 194 Å². The summed E-state index contributed by atoms with van der Waals surface area (Å²) in [6.07, 6.45) is 0. The van der Waals surface area contributed by atoms with Gasteiger partial charge in [-0.3, -0.25) is 0 Å². The Morgan fingerprint density at radius 3 is 0.984 bits per heavy atom. The van der Waals surface area contributed by atoms with Crippen molar-refractivity contribution < 1.29 is 0 Å². The minimum absolute atomic E-state index is 0.00477. The summed E-state index contributed by atoms with van der Waals surface area (Å²) in [7, 11) is 0. The molecule has 0 amide bonds. The third-order valence-electron chi connectivity index (χ3n) is 12.2. The third kappa shape index (κ3) is 7.90. The highest BCUT2D eigenvalue weighted by molar-refractivity contribution is 6.22. The molecule has 0 saturated carbocycles. The predicted molar refractivity (Wildman–Crippen MR) is 269 cm³/mol. The topological polar surface area (TPSA) is 6.48 Å². The predicted octanol–water partition coefficient (Wildman–Crippen LogP) is 17.5. The summed E-state index contributed by atoms with van der Waals surface area (Å²) in [5.74, 6) is 0. The van der Waals surface area contributed by atoms with Gasteiger partial charge in [0.25, 0.3) is 0 Å². The maximum atomic E-state index is 2.43. The summed E-state index contributed by atoms with van der Waals surface area (Å²) in [6.45, 7) is 18.1. The number of hydrogen-bond acceptors (Lipinski definition) is 2. The van der Waals surface area contributed by atoms with Crippen LogP contribution in [0.1, 0.15) is 63.8 Å². The summed E-state index contributed by atoms with van der Waals surface area (Å²) >= 11 is 0. The van der Waals surface area contributed by atoms with E-state index < -0.39 is 0 Å². The van der Waals surface area contributed by atoms with E-state index in [1.165, 1.54) is 66.1 Å². The monoisotopic (exact) mass is 804 g/mol. The number of nitrogens with zero attached hydrogens (tertiary/aromatic N) is 2. The molecule has 2 heteroatoms. The number of rotatable bonds is 8. The molecule has 0 spiro atoms. The number of anilines is 6. The number of fused-ring (bicyclic) bond motifs is 2. The Kier molecular flexibility index (Phi) is 10.6. The molecule has 2 nitrogen and oxygen atoms in total. The minimum atomic E-state index is 0.00477. The molecule has 9 aromatic rings. The van der Waals surface area contributed by atoms with Gasteiger partial charge in [0.2, 0.25) is 0 Å². The number of aryl methyl sites for hydroxylation is 2. The quantitative estimate of drug-likeness (QED) is 0.141. The average Bonchev–Trinajstić information content (AvgIpc) is 3.26. The third-order valence-corrected chi connectivity index (χ3v) is 12.2. The lowest BCUT2D eigenvalue weighted by atomic mass is 9.85. The molecular weight excluding hydrogens is 749 g/mol. The van der Waals surface area contributed by atoms with Crippen molar-refractivity contribution in [3.05, 3.63) is 216 Å². The normalized spacial score (nSPS) is 11.9. The summed E-state index contributed by atoms with van der Waals surface area (Å²) in [6, 6.07) is 72.0. The van der Waals surface area contributed by atoms with Gasteiger partial charge in [0.15, 0.2) is 0 Å². The molecule has 62 heavy (non-hydrogen) atoms. The van der Waals surface area contributed by atoms with Gasteiger partial charge in [0.05, 0.1) is 0 Å². The largest absolute Gasteiger partial charge is 0.310 e. The highest BCUT2D eigenvalue weighted by Gasteiger charge is 2.24. The van der Waals surface area contributed by atoms with Crippen molar-refractivity contribution in [3.8, 4) is 22.3 Å². The van der Waals surface area contributed by atoms with Crippen LogP contribution in [0.2, 0.25) is 0 Å². The zero-order valence-electron chi connectivity index (χ0n) is 37.4. The van der Waals surface area contributed by atoms with Crippen molar-refractivity contribution in [2.75, 3.05) is 9.80 Å². The van der Waals surface area contributed by atoms with Gasteiger partial charge in [-0.1, -0.05) is 163 Å². The van der Waals surface area contributed by atoms with Crippen molar-refractivity contribution in [2.24, 2.45) is 0 Å². The molecule has 0 aliphatic rings. The van der Waals surface area contributed by atoms with E-state index >= 15 is 0 Å². The second-order valence-electron chi connectivity index (χ2n) is 18.9. The lowest BCUT2D eigenvalue weighted by Gasteiger charge is -2.30. The van der Waals surface area contributed by atoms with Gasteiger partial charge in [-0.2, -0.15) is 0 Å². The van der Waals surface area contributed by atoms with E-state index in [2.05, 4.69) is 259 Å². The van der Waals surface area contributed by atoms with Gasteiger partial charge in [-0.15, -0.1) is 0 Å². The van der Waals surface area contributed by atoms with Gasteiger partial charge in [0, 0.05) is 34.1 Å². The summed E-state index contributed by atoms with van der Waals surface area (Å²) in [4.78, 5) is 4.86. The van der Waals surface area contributed by atoms with Crippen molar-refractivity contribution in [3.63, 3.8) is 0 Å². The molecule has 9 rings (SSSR count). The first-order valence-corrected chi connectivity index (χ1v) is 21.9. The first-order valence-electron chi connectivity index (χ1n) is 21.9. The van der Waals surface area contributed by atoms with E-state index in [-0.39, 0.29) is 10.8 Å². The van der Waals surface area contributed by atoms with Gasteiger partial charge in [-0.05, 0) is 164 Å². The molecule has 0 radical (unpaired) electrons. The van der Waals surface area contributed by atoms with Crippen LogP contribution in [0, 0.1) is 13.8 Å². The molecule has 0 aromatic heterocycles. The number of hydrogen-bond donors (Lipinski definition) is 0. The fraction of sp³-hybridized carbons (Fsp3) is 0.167. The SMILES string of the molecule is Cc1cccc(N(c2cccc(C(C)(C)C)c2)c2ccc3c(-c4ccccc4)c4cc(N(c5cccc(C)c5)c5cccc(C(C)(C)C)c5)ccc4c(-c4ccccc4)c3c2)c1. The molecule has 0 N–H and O–H groups in total. The molecule has 0 fully saturated rings. The lowest BCUT2D eigenvalue weighted by Crippen LogP contribution is -2.14. The van der Waals surface area contributed by atoms with E-state index in [0.717, 1.165) is 34.1 Å². The fourth-order valence-corrected chi connectivity index (χ4v) is 8.97. The fourth-order valence-electron chi connectivity index (χ4n) is 8.97. The molecule has 9 aromatic carbocycles. The van der Waals surface area contributed by atoms with Gasteiger partial charge >= 0.3 is 0 Å². The van der Waals surface area contributed by atoms with Crippen LogP contribution >= 0.6 is 0 Å². The van der Waals surface area contributed by atoms with Gasteiger partial charge < -0.3 is 9.80 Å². The van der Waals surface area contributed by atoms with Crippen molar-refractivity contribution >= 4 is 55.7 Å². The molecule has 0 heterocycles. The summed E-state index contributed by atoms with van der Waals surface area (Å²) in [5.41, 5.74) is 16.7. The van der Waals surface area contributed by atoms with Crippen molar-refractivity contribution in [2.45, 2.75) is 66.2 Å². The highest BCUT2D eigenvalue weighted by Crippen LogP contribution is 2.49. The zero-order valence-corrected chi connectivity index (χ0v) is 37.4. The molecule has 0 atom stereocenters. The summed E-state index contributed by atoms with van der Waals surface area (Å²) in [5, 5.41) is 4.86.